The topological polar surface area (TPSA) is 72.2 Å². The van der Waals surface area contributed by atoms with E-state index in [1.54, 1.807) is 11.4 Å². The van der Waals surface area contributed by atoms with Crippen molar-refractivity contribution in [2.75, 3.05) is 5.32 Å². The van der Waals surface area contributed by atoms with Crippen LogP contribution in [0, 0.1) is 12.7 Å². The lowest BCUT2D eigenvalue weighted by molar-refractivity contribution is 0.102. The maximum atomic E-state index is 13.0. The number of rotatable bonds is 5. The van der Waals surface area contributed by atoms with E-state index in [1.165, 1.54) is 42.2 Å². The highest BCUT2D eigenvalue weighted by Gasteiger charge is 2.16. The lowest BCUT2D eigenvalue weighted by Crippen LogP contribution is -2.16. The van der Waals surface area contributed by atoms with Crippen molar-refractivity contribution in [3.8, 4) is 0 Å². The molecule has 0 spiro atoms. The number of anilines is 1. The van der Waals surface area contributed by atoms with E-state index in [-0.39, 0.29) is 11.7 Å². The first-order valence-electron chi connectivity index (χ1n) is 8.66. The molecule has 4 aromatic rings. The molecule has 2 aromatic heterocycles. The molecule has 0 unspecified atom stereocenters. The highest BCUT2D eigenvalue weighted by atomic mass is 35.5. The number of carbonyl (C=O) groups is 1. The number of aromatic nitrogens is 4. The molecular formula is C20H15ClFN5OS. The average molecular weight is 428 g/mol. The van der Waals surface area contributed by atoms with Gasteiger partial charge in [-0.05, 0) is 48.9 Å². The van der Waals surface area contributed by atoms with Crippen LogP contribution < -0.4 is 5.32 Å². The molecule has 0 atom stereocenters. The van der Waals surface area contributed by atoms with Crippen molar-refractivity contribution in [3.63, 3.8) is 0 Å². The molecule has 29 heavy (non-hydrogen) atoms. The largest absolute Gasteiger partial charge is 0.322 e. The fourth-order valence-corrected chi connectivity index (χ4v) is 3.57. The number of nitrogens with one attached hydrogen (secondary N) is 1. The first-order chi connectivity index (χ1) is 14.0. The van der Waals surface area contributed by atoms with Crippen molar-refractivity contribution in [1.82, 2.24) is 19.6 Å². The van der Waals surface area contributed by atoms with E-state index in [0.717, 1.165) is 5.56 Å². The van der Waals surface area contributed by atoms with Crippen LogP contribution in [0.5, 0.6) is 0 Å². The monoisotopic (exact) mass is 427 g/mol. The highest BCUT2D eigenvalue weighted by molar-refractivity contribution is 7.98. The van der Waals surface area contributed by atoms with Gasteiger partial charge in [0.2, 0.25) is 5.16 Å². The van der Waals surface area contributed by atoms with Crippen LogP contribution in [0.4, 0.5) is 10.1 Å². The van der Waals surface area contributed by atoms with Gasteiger partial charge in [0.05, 0.1) is 11.3 Å². The molecule has 9 heteroatoms. The molecule has 0 bridgehead atoms. The Kier molecular flexibility index (Phi) is 5.46. The van der Waals surface area contributed by atoms with Crippen LogP contribution in [-0.4, -0.2) is 25.5 Å². The Bertz CT molecular complexity index is 1180. The summed E-state index contributed by atoms with van der Waals surface area (Å²) in [6.45, 7) is 1.77. The number of aryl methyl sites for hydroxylation is 1. The van der Waals surface area contributed by atoms with Gasteiger partial charge in [0.25, 0.3) is 11.7 Å². The smallest absolute Gasteiger partial charge is 0.259 e. The molecule has 1 amide bonds. The van der Waals surface area contributed by atoms with E-state index >= 15 is 0 Å². The van der Waals surface area contributed by atoms with E-state index in [1.807, 2.05) is 24.3 Å². The summed E-state index contributed by atoms with van der Waals surface area (Å²) in [7, 11) is 0. The summed E-state index contributed by atoms with van der Waals surface area (Å²) in [5, 5.41) is 8.44. The van der Waals surface area contributed by atoms with Crippen LogP contribution in [0.2, 0.25) is 5.02 Å². The van der Waals surface area contributed by atoms with Crippen molar-refractivity contribution in [3.05, 3.63) is 82.4 Å². The standard InChI is InChI=1S/C20H15ClFN5OS/c1-12-17(18(28)24-16-8-6-15(22)7-9-16)10-23-19-25-20(26-27(12)19)29-11-13-2-4-14(21)5-3-13/h2-10H,11H2,1H3,(H,24,28). The third-order valence-electron chi connectivity index (χ3n) is 4.22. The number of halogens is 2. The highest BCUT2D eigenvalue weighted by Crippen LogP contribution is 2.22. The lowest BCUT2D eigenvalue weighted by atomic mass is 10.2. The molecular weight excluding hydrogens is 413 g/mol. The third kappa shape index (κ3) is 4.38. The number of fused-ring (bicyclic) bond motifs is 1. The molecule has 0 aliphatic rings. The molecule has 0 radical (unpaired) electrons. The second-order valence-electron chi connectivity index (χ2n) is 6.24. The maximum Gasteiger partial charge on any atom is 0.259 e. The van der Waals surface area contributed by atoms with Crippen molar-refractivity contribution in [2.45, 2.75) is 17.8 Å². The van der Waals surface area contributed by atoms with Gasteiger partial charge < -0.3 is 5.32 Å². The van der Waals surface area contributed by atoms with Crippen molar-refractivity contribution < 1.29 is 9.18 Å². The van der Waals surface area contributed by atoms with Crippen molar-refractivity contribution in [2.24, 2.45) is 0 Å². The Hall–Kier alpha value is -2.97. The maximum absolute atomic E-state index is 13.0. The van der Waals surface area contributed by atoms with Gasteiger partial charge in [0, 0.05) is 22.7 Å². The summed E-state index contributed by atoms with van der Waals surface area (Å²) in [5.74, 6) is 0.382. The molecule has 1 N–H and O–H groups in total. The summed E-state index contributed by atoms with van der Waals surface area (Å²) < 4.78 is 14.6. The predicted molar refractivity (Wildman–Crippen MR) is 111 cm³/mol. The minimum Gasteiger partial charge on any atom is -0.322 e. The van der Waals surface area contributed by atoms with E-state index in [0.29, 0.717) is 38.7 Å². The number of carbonyl (C=O) groups excluding carboxylic acids is 1. The molecule has 0 aliphatic heterocycles. The first kappa shape index (κ1) is 19.4. The lowest BCUT2D eigenvalue weighted by Gasteiger charge is -2.08. The Morgan fingerprint density at radius 1 is 1.17 bits per heavy atom. The van der Waals surface area contributed by atoms with Crippen LogP contribution in [0.25, 0.3) is 5.78 Å². The number of thioether (sulfide) groups is 1. The fraction of sp³-hybridized carbons (Fsp3) is 0.100. The first-order valence-corrected chi connectivity index (χ1v) is 10.0. The molecule has 2 heterocycles. The Labute approximate surface area is 175 Å². The van der Waals surface area contributed by atoms with Gasteiger partial charge in [0.15, 0.2) is 0 Å². The minimum absolute atomic E-state index is 0.352. The van der Waals surface area contributed by atoms with E-state index in [4.69, 9.17) is 11.6 Å². The quantitative estimate of drug-likeness (QED) is 0.464. The van der Waals surface area contributed by atoms with Gasteiger partial charge in [-0.15, -0.1) is 5.10 Å². The second-order valence-corrected chi connectivity index (χ2v) is 7.62. The summed E-state index contributed by atoms with van der Waals surface area (Å²) in [6, 6.07) is 13.1. The van der Waals surface area contributed by atoms with Gasteiger partial charge in [-0.25, -0.2) is 9.37 Å². The Morgan fingerprint density at radius 3 is 2.62 bits per heavy atom. The number of amides is 1. The normalized spacial score (nSPS) is 11.0. The molecule has 0 saturated heterocycles. The van der Waals surface area contributed by atoms with Gasteiger partial charge in [0.1, 0.15) is 5.82 Å². The predicted octanol–water partition coefficient (Wildman–Crippen LogP) is 4.77. The third-order valence-corrected chi connectivity index (χ3v) is 5.38. The van der Waals surface area contributed by atoms with E-state index in [9.17, 15) is 9.18 Å². The molecule has 0 saturated carbocycles. The second kappa shape index (κ2) is 8.18. The molecule has 2 aromatic carbocycles. The zero-order valence-electron chi connectivity index (χ0n) is 15.3. The van der Waals surface area contributed by atoms with Crippen LogP contribution in [0.3, 0.4) is 0 Å². The minimum atomic E-state index is -0.367. The van der Waals surface area contributed by atoms with Crippen LogP contribution in [0.1, 0.15) is 21.6 Å². The van der Waals surface area contributed by atoms with E-state index in [2.05, 4.69) is 20.4 Å². The van der Waals surface area contributed by atoms with Crippen LogP contribution >= 0.6 is 23.4 Å². The number of benzene rings is 2. The van der Waals surface area contributed by atoms with Gasteiger partial charge in [-0.3, -0.25) is 4.79 Å². The number of nitrogens with zero attached hydrogens (tertiary/aromatic N) is 4. The molecule has 0 aliphatic carbocycles. The van der Waals surface area contributed by atoms with Crippen LogP contribution in [-0.2, 0) is 5.75 Å². The summed E-state index contributed by atoms with van der Waals surface area (Å²) in [5.41, 5.74) is 2.57. The summed E-state index contributed by atoms with van der Waals surface area (Å²) in [6.07, 6.45) is 1.46. The molecule has 4 rings (SSSR count). The molecule has 0 fully saturated rings. The van der Waals surface area contributed by atoms with Crippen molar-refractivity contribution in [1.29, 1.82) is 0 Å². The SMILES string of the molecule is Cc1c(C(=O)Nc2ccc(F)cc2)cnc2nc(SCc3ccc(Cl)cc3)nn12. The van der Waals surface area contributed by atoms with Crippen molar-refractivity contribution >= 4 is 40.7 Å². The zero-order chi connectivity index (χ0) is 20.4. The summed E-state index contributed by atoms with van der Waals surface area (Å²) >= 11 is 7.38. The Morgan fingerprint density at radius 2 is 1.90 bits per heavy atom. The number of hydrogen-bond donors (Lipinski definition) is 1. The van der Waals surface area contributed by atoms with Crippen LogP contribution in [0.15, 0.2) is 59.9 Å². The molecule has 6 nitrogen and oxygen atoms in total. The van der Waals surface area contributed by atoms with Gasteiger partial charge in [-0.2, -0.15) is 9.50 Å². The number of hydrogen-bond acceptors (Lipinski definition) is 5. The van der Waals surface area contributed by atoms with Gasteiger partial charge in [-0.1, -0.05) is 35.5 Å². The molecule has 146 valence electrons. The summed E-state index contributed by atoms with van der Waals surface area (Å²) in [4.78, 5) is 21.2. The zero-order valence-corrected chi connectivity index (χ0v) is 16.8. The average Bonchev–Trinajstić information content (AvgIpc) is 3.14. The van der Waals surface area contributed by atoms with Gasteiger partial charge >= 0.3 is 0 Å². The van der Waals surface area contributed by atoms with E-state index < -0.39 is 0 Å². The Balaban J connectivity index is 1.53. The fourth-order valence-electron chi connectivity index (χ4n) is 2.67.